The van der Waals surface area contributed by atoms with E-state index < -0.39 is 0 Å². The van der Waals surface area contributed by atoms with Gasteiger partial charge >= 0.3 is 0 Å². The topological polar surface area (TPSA) is 71.1 Å². The first kappa shape index (κ1) is 18.8. The second-order valence-corrected chi connectivity index (χ2v) is 8.46. The van der Waals surface area contributed by atoms with Gasteiger partial charge in [0, 0.05) is 24.3 Å². The first-order chi connectivity index (χ1) is 14.7. The highest BCUT2D eigenvalue weighted by Gasteiger charge is 2.34. The number of hydrogen-bond donors (Lipinski definition) is 1. The molecule has 0 aliphatic heterocycles. The number of hydrogen-bond acceptors (Lipinski definition) is 5. The average Bonchev–Trinajstić information content (AvgIpc) is 3.27. The molecular weight excluding hydrogens is 396 g/mol. The number of amides is 1. The number of carbonyl (C=O) groups is 1. The Labute approximate surface area is 178 Å². The van der Waals surface area contributed by atoms with Crippen molar-refractivity contribution in [1.29, 1.82) is 0 Å². The summed E-state index contributed by atoms with van der Waals surface area (Å²) in [4.78, 5) is 19.9. The molecule has 1 fully saturated rings. The van der Waals surface area contributed by atoms with Crippen LogP contribution < -0.4 is 4.74 Å². The molecule has 5 rings (SSSR count). The van der Waals surface area contributed by atoms with Gasteiger partial charge in [0.2, 0.25) is 0 Å². The third kappa shape index (κ3) is 3.80. The zero-order chi connectivity index (χ0) is 20.5. The molecule has 7 heteroatoms. The van der Waals surface area contributed by atoms with Gasteiger partial charge in [-0.1, -0.05) is 18.2 Å². The number of carbonyl (C=O) groups excluding carboxylic acids is 1. The highest BCUT2D eigenvalue weighted by atomic mass is 32.1. The van der Waals surface area contributed by atoms with Crippen molar-refractivity contribution in [2.75, 3.05) is 6.61 Å². The lowest BCUT2D eigenvalue weighted by atomic mass is 10.1. The molecule has 2 heterocycles. The van der Waals surface area contributed by atoms with E-state index in [0.29, 0.717) is 24.2 Å². The van der Waals surface area contributed by atoms with E-state index in [1.54, 1.807) is 6.20 Å². The van der Waals surface area contributed by atoms with Crippen molar-refractivity contribution in [3.05, 3.63) is 65.4 Å². The predicted molar refractivity (Wildman–Crippen MR) is 118 cm³/mol. The van der Waals surface area contributed by atoms with Crippen molar-refractivity contribution in [1.82, 2.24) is 20.1 Å². The van der Waals surface area contributed by atoms with Gasteiger partial charge in [-0.05, 0) is 55.2 Å². The van der Waals surface area contributed by atoms with E-state index in [1.165, 1.54) is 11.3 Å². The summed E-state index contributed by atoms with van der Waals surface area (Å²) in [5.74, 6) is 0.843. The van der Waals surface area contributed by atoms with Crippen LogP contribution in [0, 0.1) is 0 Å². The first-order valence-corrected chi connectivity index (χ1v) is 11.0. The van der Waals surface area contributed by atoms with E-state index in [-0.39, 0.29) is 5.91 Å². The van der Waals surface area contributed by atoms with E-state index in [4.69, 9.17) is 4.74 Å². The number of nitrogens with one attached hydrogen (secondary N) is 1. The van der Waals surface area contributed by atoms with Gasteiger partial charge in [0.05, 0.1) is 23.0 Å². The molecule has 0 unspecified atom stereocenters. The fourth-order valence-electron chi connectivity index (χ4n) is 3.58. The lowest BCUT2D eigenvalue weighted by Gasteiger charge is -2.21. The second-order valence-electron chi connectivity index (χ2n) is 7.43. The van der Waals surface area contributed by atoms with Crippen molar-refractivity contribution in [3.63, 3.8) is 0 Å². The molecule has 30 heavy (non-hydrogen) atoms. The number of nitrogens with zero attached hydrogens (tertiary/aromatic N) is 3. The highest BCUT2D eigenvalue weighted by Crippen LogP contribution is 2.33. The summed E-state index contributed by atoms with van der Waals surface area (Å²) in [7, 11) is 0. The van der Waals surface area contributed by atoms with Gasteiger partial charge in [-0.2, -0.15) is 5.10 Å². The van der Waals surface area contributed by atoms with Crippen LogP contribution in [0.5, 0.6) is 5.75 Å². The first-order valence-electron chi connectivity index (χ1n) is 10.1. The van der Waals surface area contributed by atoms with Crippen molar-refractivity contribution in [2.45, 2.75) is 32.4 Å². The van der Waals surface area contributed by atoms with Gasteiger partial charge in [-0.3, -0.25) is 9.89 Å². The Morgan fingerprint density at radius 3 is 2.90 bits per heavy atom. The minimum atomic E-state index is 0.00498. The largest absolute Gasteiger partial charge is 0.494 e. The zero-order valence-corrected chi connectivity index (χ0v) is 17.5. The molecule has 0 radical (unpaired) electrons. The Morgan fingerprint density at radius 1 is 1.23 bits per heavy atom. The van der Waals surface area contributed by atoms with Crippen molar-refractivity contribution < 1.29 is 9.53 Å². The summed E-state index contributed by atoms with van der Waals surface area (Å²) in [6.07, 6.45) is 5.75. The third-order valence-electron chi connectivity index (χ3n) is 5.21. The van der Waals surface area contributed by atoms with E-state index >= 15 is 0 Å². The van der Waals surface area contributed by atoms with Gasteiger partial charge < -0.3 is 9.64 Å². The zero-order valence-electron chi connectivity index (χ0n) is 16.7. The summed E-state index contributed by atoms with van der Waals surface area (Å²) >= 11 is 1.45. The van der Waals surface area contributed by atoms with Crippen LogP contribution in [-0.4, -0.2) is 38.6 Å². The summed E-state index contributed by atoms with van der Waals surface area (Å²) in [6.45, 7) is 3.17. The average molecular weight is 419 g/mol. The Morgan fingerprint density at radius 2 is 2.13 bits per heavy atom. The van der Waals surface area contributed by atoms with Crippen LogP contribution in [0.25, 0.3) is 21.3 Å². The Kier molecular flexibility index (Phi) is 4.96. The maximum atomic E-state index is 13.4. The minimum Gasteiger partial charge on any atom is -0.494 e. The maximum Gasteiger partial charge on any atom is 0.283 e. The smallest absolute Gasteiger partial charge is 0.283 e. The van der Waals surface area contributed by atoms with Gasteiger partial charge in [0.1, 0.15) is 5.75 Å². The van der Waals surface area contributed by atoms with Crippen LogP contribution in [-0.2, 0) is 6.54 Å². The maximum absolute atomic E-state index is 13.4. The van der Waals surface area contributed by atoms with Gasteiger partial charge in [0.15, 0.2) is 5.01 Å². The van der Waals surface area contributed by atoms with Crippen LogP contribution in [0.2, 0.25) is 0 Å². The van der Waals surface area contributed by atoms with Crippen molar-refractivity contribution in [2.24, 2.45) is 0 Å². The van der Waals surface area contributed by atoms with E-state index in [2.05, 4.69) is 21.2 Å². The quantitative estimate of drug-likeness (QED) is 0.464. The summed E-state index contributed by atoms with van der Waals surface area (Å²) in [5.41, 5.74) is 4.01. The Hall–Kier alpha value is -3.19. The molecular formula is C23H22N4O2S. The molecule has 0 saturated heterocycles. The minimum absolute atomic E-state index is 0.00498. The van der Waals surface area contributed by atoms with E-state index in [9.17, 15) is 4.79 Å². The molecule has 0 bridgehead atoms. The number of thiazole rings is 1. The lowest BCUT2D eigenvalue weighted by molar-refractivity contribution is 0.0729. The summed E-state index contributed by atoms with van der Waals surface area (Å²) in [6, 6.07) is 14.3. The number of rotatable bonds is 7. The molecule has 0 spiro atoms. The van der Waals surface area contributed by atoms with Crippen LogP contribution >= 0.6 is 11.3 Å². The second kappa shape index (κ2) is 7.91. The van der Waals surface area contributed by atoms with E-state index in [0.717, 1.165) is 45.5 Å². The van der Waals surface area contributed by atoms with Crippen molar-refractivity contribution in [3.8, 4) is 16.9 Å². The molecule has 1 aliphatic carbocycles. The fourth-order valence-corrected chi connectivity index (χ4v) is 4.54. The van der Waals surface area contributed by atoms with Crippen LogP contribution in [0.4, 0.5) is 0 Å². The Bertz CT molecular complexity index is 1180. The molecule has 6 nitrogen and oxygen atoms in total. The summed E-state index contributed by atoms with van der Waals surface area (Å²) in [5, 5.41) is 7.39. The number of benzene rings is 2. The number of aromatic nitrogens is 3. The number of fused-ring (bicyclic) bond motifs is 1. The van der Waals surface area contributed by atoms with Crippen LogP contribution in [0.15, 0.2) is 54.9 Å². The molecule has 152 valence electrons. The third-order valence-corrected chi connectivity index (χ3v) is 6.22. The number of ether oxygens (including phenoxy) is 1. The SMILES string of the molecule is CCOc1cccc(CN(C(=O)c2nc3ccc(-c4cn[nH]c4)cc3s2)C2CC2)c1. The summed E-state index contributed by atoms with van der Waals surface area (Å²) < 4.78 is 6.62. The monoisotopic (exact) mass is 418 g/mol. The number of H-pyrrole nitrogens is 1. The molecule has 1 aliphatic rings. The molecule has 1 amide bonds. The molecule has 1 saturated carbocycles. The molecule has 4 aromatic rings. The standard InChI is InChI=1S/C23H22N4O2S/c1-2-29-19-5-3-4-15(10-19)14-27(18-7-8-18)23(28)22-26-20-9-6-16(11-21(20)30-22)17-12-24-25-13-17/h3-6,9-13,18H,2,7-8,14H2,1H3,(H,24,25). The van der Waals surface area contributed by atoms with Gasteiger partial charge in [0.25, 0.3) is 5.91 Å². The van der Waals surface area contributed by atoms with Crippen LogP contribution in [0.1, 0.15) is 35.1 Å². The lowest BCUT2D eigenvalue weighted by Crippen LogP contribution is -2.32. The van der Waals surface area contributed by atoms with Gasteiger partial charge in [-0.15, -0.1) is 11.3 Å². The highest BCUT2D eigenvalue weighted by molar-refractivity contribution is 7.20. The Balaban J connectivity index is 1.41. The normalized spacial score (nSPS) is 13.5. The van der Waals surface area contributed by atoms with E-state index in [1.807, 2.05) is 54.4 Å². The fraction of sp³-hybridized carbons (Fsp3) is 0.261. The predicted octanol–water partition coefficient (Wildman–Crippen LogP) is 4.89. The molecule has 2 aromatic carbocycles. The molecule has 2 aromatic heterocycles. The van der Waals surface area contributed by atoms with Gasteiger partial charge in [-0.25, -0.2) is 4.98 Å². The van der Waals surface area contributed by atoms with Crippen molar-refractivity contribution >= 4 is 27.5 Å². The molecule has 0 atom stereocenters. The van der Waals surface area contributed by atoms with Crippen LogP contribution in [0.3, 0.4) is 0 Å². The number of aromatic amines is 1. The molecule has 1 N–H and O–H groups in total.